The Hall–Kier alpha value is -2.32. The minimum Gasteiger partial charge on any atom is -0.496 e. The van der Waals surface area contributed by atoms with Gasteiger partial charge < -0.3 is 10.1 Å². The van der Waals surface area contributed by atoms with Gasteiger partial charge in [0.15, 0.2) is 15.6 Å². The number of rotatable bonds is 8. The Bertz CT molecular complexity index is 954. The van der Waals surface area contributed by atoms with Gasteiger partial charge in [0.05, 0.1) is 17.8 Å². The molecule has 6 nitrogen and oxygen atoms in total. The highest BCUT2D eigenvalue weighted by Gasteiger charge is 2.11. The molecule has 2 rings (SSSR count). The third-order valence-corrected chi connectivity index (χ3v) is 5.82. The van der Waals surface area contributed by atoms with Crippen LogP contribution >= 0.6 is 11.8 Å². The molecule has 0 saturated carbocycles. The van der Waals surface area contributed by atoms with Crippen LogP contribution in [0.4, 0.5) is 5.69 Å². The predicted octanol–water partition coefficient (Wildman–Crippen LogP) is 3.17. The van der Waals surface area contributed by atoms with E-state index in [1.807, 2.05) is 0 Å². The van der Waals surface area contributed by atoms with E-state index in [4.69, 9.17) is 4.74 Å². The molecule has 0 aromatic heterocycles. The van der Waals surface area contributed by atoms with E-state index >= 15 is 0 Å². The van der Waals surface area contributed by atoms with Crippen LogP contribution in [0.25, 0.3) is 0 Å². The smallest absolute Gasteiger partial charge is 0.234 e. The lowest BCUT2D eigenvalue weighted by atomic mass is 10.1. The van der Waals surface area contributed by atoms with Crippen LogP contribution in [0.3, 0.4) is 0 Å². The Labute approximate surface area is 163 Å². The third-order valence-electron chi connectivity index (χ3n) is 3.72. The fraction of sp³-hybridized carbons (Fsp3) is 0.263. The molecule has 27 heavy (non-hydrogen) atoms. The summed E-state index contributed by atoms with van der Waals surface area (Å²) in [5.74, 6) is 1.06. The molecule has 0 radical (unpaired) electrons. The number of hydrogen-bond acceptors (Lipinski definition) is 6. The molecule has 0 fully saturated rings. The SMILES string of the molecule is COc1ccc(C(C)=O)cc1CSCC(=O)Nc1cccc(S(C)(=O)=O)c1. The fourth-order valence-electron chi connectivity index (χ4n) is 2.37. The van der Waals surface area contributed by atoms with E-state index < -0.39 is 9.84 Å². The summed E-state index contributed by atoms with van der Waals surface area (Å²) in [4.78, 5) is 23.8. The Morgan fingerprint density at radius 1 is 1.15 bits per heavy atom. The Morgan fingerprint density at radius 2 is 1.89 bits per heavy atom. The second-order valence-corrected chi connectivity index (χ2v) is 8.93. The number of Topliss-reactive ketones (excluding diaryl/α,β-unsaturated/α-hetero) is 1. The second-order valence-electron chi connectivity index (χ2n) is 5.92. The van der Waals surface area contributed by atoms with Crippen LogP contribution in [-0.2, 0) is 20.4 Å². The number of sulfone groups is 1. The zero-order valence-electron chi connectivity index (χ0n) is 15.3. The zero-order chi connectivity index (χ0) is 20.0. The summed E-state index contributed by atoms with van der Waals surface area (Å²) < 4.78 is 28.5. The quantitative estimate of drug-likeness (QED) is 0.676. The van der Waals surface area contributed by atoms with Crippen LogP contribution in [0, 0.1) is 0 Å². The van der Waals surface area contributed by atoms with Crippen LogP contribution in [0.5, 0.6) is 5.75 Å². The van der Waals surface area contributed by atoms with Gasteiger partial charge in [0.25, 0.3) is 0 Å². The van der Waals surface area contributed by atoms with Crippen molar-refractivity contribution in [3.8, 4) is 5.75 Å². The Morgan fingerprint density at radius 3 is 2.52 bits per heavy atom. The van der Waals surface area contributed by atoms with Crippen LogP contribution < -0.4 is 10.1 Å². The molecule has 0 bridgehead atoms. The van der Waals surface area contributed by atoms with Gasteiger partial charge in [-0.25, -0.2) is 8.42 Å². The first-order valence-electron chi connectivity index (χ1n) is 8.06. The van der Waals surface area contributed by atoms with Gasteiger partial charge in [-0.3, -0.25) is 9.59 Å². The predicted molar refractivity (Wildman–Crippen MR) is 107 cm³/mol. The van der Waals surface area contributed by atoms with Gasteiger partial charge in [0, 0.05) is 28.8 Å². The molecule has 0 aliphatic carbocycles. The van der Waals surface area contributed by atoms with Crippen LogP contribution in [0.2, 0.25) is 0 Å². The Kier molecular flexibility index (Phi) is 7.04. The first kappa shape index (κ1) is 21.0. The topological polar surface area (TPSA) is 89.5 Å². The molecule has 0 aliphatic rings. The lowest BCUT2D eigenvalue weighted by Gasteiger charge is -2.10. The van der Waals surface area contributed by atoms with Crippen molar-refractivity contribution in [2.45, 2.75) is 17.6 Å². The highest BCUT2D eigenvalue weighted by atomic mass is 32.2. The fourth-order valence-corrected chi connectivity index (χ4v) is 3.84. The van der Waals surface area contributed by atoms with Crippen molar-refractivity contribution in [3.63, 3.8) is 0 Å². The molecule has 0 atom stereocenters. The first-order valence-corrected chi connectivity index (χ1v) is 11.1. The summed E-state index contributed by atoms with van der Waals surface area (Å²) in [6, 6.07) is 11.3. The average molecular weight is 408 g/mol. The number of thioether (sulfide) groups is 1. The van der Waals surface area contributed by atoms with Gasteiger partial charge in [0.2, 0.25) is 5.91 Å². The van der Waals surface area contributed by atoms with Crippen LogP contribution in [0.1, 0.15) is 22.8 Å². The molecule has 0 spiro atoms. The van der Waals surface area contributed by atoms with E-state index in [0.717, 1.165) is 11.8 Å². The maximum atomic E-state index is 12.1. The number of nitrogens with one attached hydrogen (secondary N) is 1. The number of amides is 1. The van der Waals surface area contributed by atoms with Gasteiger partial charge >= 0.3 is 0 Å². The lowest BCUT2D eigenvalue weighted by Crippen LogP contribution is -2.14. The number of ketones is 1. The molecule has 2 aromatic rings. The van der Waals surface area contributed by atoms with Crippen molar-refractivity contribution < 1.29 is 22.7 Å². The zero-order valence-corrected chi connectivity index (χ0v) is 16.9. The van der Waals surface area contributed by atoms with Crippen LogP contribution in [0.15, 0.2) is 47.4 Å². The molecular weight excluding hydrogens is 386 g/mol. The van der Waals surface area contributed by atoms with Gasteiger partial charge in [0.1, 0.15) is 5.75 Å². The molecule has 2 aromatic carbocycles. The summed E-state index contributed by atoms with van der Waals surface area (Å²) in [7, 11) is -1.78. The molecule has 0 unspecified atom stereocenters. The average Bonchev–Trinajstić information content (AvgIpc) is 2.61. The lowest BCUT2D eigenvalue weighted by molar-refractivity contribution is -0.113. The van der Waals surface area contributed by atoms with Crippen molar-refractivity contribution in [3.05, 3.63) is 53.6 Å². The third kappa shape index (κ3) is 6.11. The van der Waals surface area contributed by atoms with E-state index in [9.17, 15) is 18.0 Å². The van der Waals surface area contributed by atoms with Gasteiger partial charge in [-0.2, -0.15) is 0 Å². The summed E-state index contributed by atoms with van der Waals surface area (Å²) in [6.07, 6.45) is 1.12. The normalized spacial score (nSPS) is 11.1. The largest absolute Gasteiger partial charge is 0.496 e. The molecular formula is C19H21NO5S2. The van der Waals surface area contributed by atoms with E-state index in [2.05, 4.69) is 5.32 Å². The van der Waals surface area contributed by atoms with Gasteiger partial charge in [-0.15, -0.1) is 11.8 Å². The molecule has 0 aliphatic heterocycles. The molecule has 144 valence electrons. The summed E-state index contributed by atoms with van der Waals surface area (Å²) >= 11 is 1.37. The number of carbonyl (C=O) groups excluding carboxylic acids is 2. The number of ether oxygens (including phenoxy) is 1. The van der Waals surface area contributed by atoms with Crippen molar-refractivity contribution in [2.24, 2.45) is 0 Å². The first-order chi connectivity index (χ1) is 12.7. The molecule has 0 saturated heterocycles. The van der Waals surface area contributed by atoms with Gasteiger partial charge in [-0.1, -0.05) is 6.07 Å². The number of hydrogen-bond donors (Lipinski definition) is 1. The van der Waals surface area contributed by atoms with E-state index in [1.165, 1.54) is 30.8 Å². The van der Waals surface area contributed by atoms with Crippen molar-refractivity contribution in [1.29, 1.82) is 0 Å². The number of anilines is 1. The summed E-state index contributed by atoms with van der Waals surface area (Å²) in [5.41, 5.74) is 1.86. The van der Waals surface area contributed by atoms with E-state index in [-0.39, 0.29) is 22.3 Å². The minimum absolute atomic E-state index is 0.0348. The highest BCUT2D eigenvalue weighted by molar-refractivity contribution is 7.99. The van der Waals surface area contributed by atoms with Crippen molar-refractivity contribution >= 4 is 39.0 Å². The molecule has 0 heterocycles. The monoisotopic (exact) mass is 407 g/mol. The molecule has 1 N–H and O–H groups in total. The standard InChI is InChI=1S/C19H21NO5S2/c1-13(21)14-7-8-18(25-2)15(9-14)11-26-12-19(22)20-16-5-4-6-17(10-16)27(3,23)24/h4-10H,11-12H2,1-3H3,(H,20,22). The maximum absolute atomic E-state index is 12.1. The van der Waals surface area contributed by atoms with Crippen molar-refractivity contribution in [2.75, 3.05) is 24.4 Å². The van der Waals surface area contributed by atoms with E-state index in [0.29, 0.717) is 22.8 Å². The van der Waals surface area contributed by atoms with Crippen LogP contribution in [-0.4, -0.2) is 39.2 Å². The summed E-state index contributed by atoms with van der Waals surface area (Å²) in [6.45, 7) is 1.50. The number of methoxy groups -OCH3 is 1. The van der Waals surface area contributed by atoms with Gasteiger partial charge in [-0.05, 0) is 43.3 Å². The second kappa shape index (κ2) is 9.05. The minimum atomic E-state index is -3.33. The molecule has 8 heteroatoms. The number of benzene rings is 2. The maximum Gasteiger partial charge on any atom is 0.234 e. The molecule has 1 amide bonds. The van der Waals surface area contributed by atoms with Crippen molar-refractivity contribution in [1.82, 2.24) is 0 Å². The summed E-state index contributed by atoms with van der Waals surface area (Å²) in [5, 5.41) is 2.69. The van der Waals surface area contributed by atoms with E-state index in [1.54, 1.807) is 37.4 Å². The number of carbonyl (C=O) groups is 2. The highest BCUT2D eigenvalue weighted by Crippen LogP contribution is 2.25. The Balaban J connectivity index is 1.97.